The standard InChI is InChI=1S/C15H22ClNO/c1-3-10-17-14(15(18-2)11-8-9-11)12-6-4-5-7-13(12)16/h4-7,11,14-15,17H,3,8-10H2,1-2H3. The summed E-state index contributed by atoms with van der Waals surface area (Å²) in [7, 11) is 1.81. The van der Waals surface area contributed by atoms with Gasteiger partial charge in [0, 0.05) is 12.1 Å². The predicted octanol–water partition coefficient (Wildman–Crippen LogP) is 3.81. The minimum Gasteiger partial charge on any atom is -0.379 e. The van der Waals surface area contributed by atoms with E-state index < -0.39 is 0 Å². The molecule has 3 heteroatoms. The molecular formula is C15H22ClNO. The molecular weight excluding hydrogens is 246 g/mol. The first-order chi connectivity index (χ1) is 8.77. The van der Waals surface area contributed by atoms with Crippen LogP contribution in [0.1, 0.15) is 37.8 Å². The van der Waals surface area contributed by atoms with Crippen LogP contribution in [0.4, 0.5) is 0 Å². The molecule has 0 aromatic heterocycles. The fourth-order valence-electron chi connectivity index (χ4n) is 2.46. The summed E-state index contributed by atoms with van der Waals surface area (Å²) < 4.78 is 5.72. The van der Waals surface area contributed by atoms with E-state index in [1.807, 2.05) is 18.2 Å². The molecule has 0 amide bonds. The van der Waals surface area contributed by atoms with E-state index in [1.54, 1.807) is 7.11 Å². The van der Waals surface area contributed by atoms with Crippen molar-refractivity contribution in [2.24, 2.45) is 5.92 Å². The van der Waals surface area contributed by atoms with Gasteiger partial charge in [0.1, 0.15) is 0 Å². The van der Waals surface area contributed by atoms with E-state index >= 15 is 0 Å². The van der Waals surface area contributed by atoms with Gasteiger partial charge in [-0.05, 0) is 43.4 Å². The van der Waals surface area contributed by atoms with Crippen molar-refractivity contribution >= 4 is 11.6 Å². The maximum Gasteiger partial charge on any atom is 0.0794 e. The number of halogens is 1. The lowest BCUT2D eigenvalue weighted by molar-refractivity contribution is 0.0507. The SMILES string of the molecule is CCCNC(c1ccccc1Cl)C(OC)C1CC1. The highest BCUT2D eigenvalue weighted by atomic mass is 35.5. The minimum absolute atomic E-state index is 0.205. The first-order valence-corrected chi connectivity index (χ1v) is 7.16. The Hall–Kier alpha value is -0.570. The monoisotopic (exact) mass is 267 g/mol. The third-order valence-corrected chi connectivity index (χ3v) is 3.89. The summed E-state index contributed by atoms with van der Waals surface area (Å²) in [4.78, 5) is 0. The zero-order chi connectivity index (χ0) is 13.0. The van der Waals surface area contributed by atoms with Crippen LogP contribution in [0.2, 0.25) is 5.02 Å². The van der Waals surface area contributed by atoms with E-state index in [0.29, 0.717) is 5.92 Å². The van der Waals surface area contributed by atoms with Crippen LogP contribution in [0.5, 0.6) is 0 Å². The Kier molecular flexibility index (Phi) is 5.04. The molecule has 0 bridgehead atoms. The highest BCUT2D eigenvalue weighted by Gasteiger charge is 2.37. The van der Waals surface area contributed by atoms with Crippen LogP contribution in [-0.2, 0) is 4.74 Å². The quantitative estimate of drug-likeness (QED) is 0.811. The summed E-state index contributed by atoms with van der Waals surface area (Å²) in [6.45, 7) is 3.16. The van der Waals surface area contributed by atoms with Gasteiger partial charge >= 0.3 is 0 Å². The number of nitrogens with one attached hydrogen (secondary N) is 1. The lowest BCUT2D eigenvalue weighted by atomic mass is 9.97. The third-order valence-electron chi connectivity index (χ3n) is 3.54. The van der Waals surface area contributed by atoms with Crippen molar-refractivity contribution in [1.82, 2.24) is 5.32 Å². The van der Waals surface area contributed by atoms with Crippen LogP contribution in [-0.4, -0.2) is 19.8 Å². The van der Waals surface area contributed by atoms with Gasteiger partial charge in [0.15, 0.2) is 0 Å². The molecule has 1 aliphatic rings. The molecule has 2 unspecified atom stereocenters. The molecule has 100 valence electrons. The van der Waals surface area contributed by atoms with Crippen LogP contribution >= 0.6 is 11.6 Å². The number of hydrogen-bond acceptors (Lipinski definition) is 2. The van der Waals surface area contributed by atoms with Gasteiger partial charge in [-0.1, -0.05) is 36.7 Å². The molecule has 1 aromatic carbocycles. The van der Waals surface area contributed by atoms with Crippen LogP contribution in [0.3, 0.4) is 0 Å². The van der Waals surface area contributed by atoms with Crippen LogP contribution in [0, 0.1) is 5.92 Å². The zero-order valence-corrected chi connectivity index (χ0v) is 11.9. The summed E-state index contributed by atoms with van der Waals surface area (Å²) in [5.41, 5.74) is 1.16. The summed E-state index contributed by atoms with van der Waals surface area (Å²) >= 11 is 6.33. The maximum absolute atomic E-state index is 6.33. The van der Waals surface area contributed by atoms with Crippen molar-refractivity contribution in [3.05, 3.63) is 34.9 Å². The first kappa shape index (κ1) is 13.9. The van der Waals surface area contributed by atoms with Crippen molar-refractivity contribution in [1.29, 1.82) is 0 Å². The molecule has 2 atom stereocenters. The Bertz CT molecular complexity index is 379. The normalized spacial score (nSPS) is 18.6. The van der Waals surface area contributed by atoms with Crippen molar-refractivity contribution in [2.45, 2.75) is 38.3 Å². The smallest absolute Gasteiger partial charge is 0.0794 e. The third kappa shape index (κ3) is 3.25. The Morgan fingerprint density at radius 2 is 2.11 bits per heavy atom. The molecule has 1 aromatic rings. The number of hydrogen-bond donors (Lipinski definition) is 1. The van der Waals surface area contributed by atoms with E-state index in [2.05, 4.69) is 18.3 Å². The molecule has 18 heavy (non-hydrogen) atoms. The Morgan fingerprint density at radius 3 is 2.67 bits per heavy atom. The van der Waals surface area contributed by atoms with Crippen LogP contribution in [0.25, 0.3) is 0 Å². The Morgan fingerprint density at radius 1 is 1.39 bits per heavy atom. The van der Waals surface area contributed by atoms with Crippen LogP contribution < -0.4 is 5.32 Å². The van der Waals surface area contributed by atoms with Crippen molar-refractivity contribution in [3.63, 3.8) is 0 Å². The van der Waals surface area contributed by atoms with Crippen molar-refractivity contribution < 1.29 is 4.74 Å². The Labute approximate surface area is 115 Å². The summed E-state index contributed by atoms with van der Waals surface area (Å²) in [6, 6.07) is 8.28. The second-order valence-electron chi connectivity index (χ2n) is 4.99. The van der Waals surface area contributed by atoms with Gasteiger partial charge in [0.2, 0.25) is 0 Å². The van der Waals surface area contributed by atoms with Gasteiger partial charge in [0.25, 0.3) is 0 Å². The van der Waals surface area contributed by atoms with Gasteiger partial charge in [-0.2, -0.15) is 0 Å². The number of rotatable bonds is 7. The molecule has 1 saturated carbocycles. The molecule has 0 aliphatic heterocycles. The lowest BCUT2D eigenvalue weighted by Gasteiger charge is -2.28. The van der Waals surface area contributed by atoms with E-state index in [1.165, 1.54) is 12.8 Å². The average Bonchev–Trinajstić information content (AvgIpc) is 3.20. The summed E-state index contributed by atoms with van der Waals surface area (Å²) in [5.74, 6) is 0.681. The Balaban J connectivity index is 2.20. The molecule has 1 N–H and O–H groups in total. The molecule has 0 saturated heterocycles. The molecule has 1 aliphatic carbocycles. The first-order valence-electron chi connectivity index (χ1n) is 6.78. The van der Waals surface area contributed by atoms with Crippen LogP contribution in [0.15, 0.2) is 24.3 Å². The minimum atomic E-state index is 0.205. The van der Waals surface area contributed by atoms with Gasteiger partial charge in [-0.15, -0.1) is 0 Å². The highest BCUT2D eigenvalue weighted by molar-refractivity contribution is 6.31. The molecule has 0 radical (unpaired) electrons. The topological polar surface area (TPSA) is 21.3 Å². The van der Waals surface area contributed by atoms with Gasteiger partial charge < -0.3 is 10.1 Å². The van der Waals surface area contributed by atoms with E-state index in [-0.39, 0.29) is 12.1 Å². The lowest BCUT2D eigenvalue weighted by Crippen LogP contribution is -2.35. The molecule has 0 heterocycles. The van der Waals surface area contributed by atoms with Gasteiger partial charge in [-0.25, -0.2) is 0 Å². The number of ether oxygens (including phenoxy) is 1. The van der Waals surface area contributed by atoms with E-state index in [9.17, 15) is 0 Å². The zero-order valence-electron chi connectivity index (χ0n) is 11.2. The number of methoxy groups -OCH3 is 1. The predicted molar refractivity (Wildman–Crippen MR) is 76.0 cm³/mol. The van der Waals surface area contributed by atoms with Crippen molar-refractivity contribution in [2.75, 3.05) is 13.7 Å². The van der Waals surface area contributed by atoms with E-state index in [4.69, 9.17) is 16.3 Å². The fraction of sp³-hybridized carbons (Fsp3) is 0.600. The molecule has 2 nitrogen and oxygen atoms in total. The molecule has 0 spiro atoms. The second-order valence-corrected chi connectivity index (χ2v) is 5.40. The largest absolute Gasteiger partial charge is 0.379 e. The highest BCUT2D eigenvalue weighted by Crippen LogP contribution is 2.41. The second kappa shape index (κ2) is 6.55. The van der Waals surface area contributed by atoms with E-state index in [0.717, 1.165) is 23.6 Å². The number of benzene rings is 1. The maximum atomic E-state index is 6.33. The molecule has 2 rings (SSSR count). The summed E-state index contributed by atoms with van der Waals surface area (Å²) in [6.07, 6.45) is 3.89. The average molecular weight is 268 g/mol. The molecule has 1 fully saturated rings. The van der Waals surface area contributed by atoms with Gasteiger partial charge in [0.05, 0.1) is 12.1 Å². The summed E-state index contributed by atoms with van der Waals surface area (Å²) in [5, 5.41) is 4.42. The fourth-order valence-corrected chi connectivity index (χ4v) is 2.71. The van der Waals surface area contributed by atoms with Gasteiger partial charge in [-0.3, -0.25) is 0 Å². The van der Waals surface area contributed by atoms with Crippen molar-refractivity contribution in [3.8, 4) is 0 Å².